The van der Waals surface area contributed by atoms with Crippen LogP contribution in [0.3, 0.4) is 0 Å². The maximum atomic E-state index is 10.9. The van der Waals surface area contributed by atoms with Gasteiger partial charge in [0.05, 0.1) is 12.3 Å². The lowest BCUT2D eigenvalue weighted by molar-refractivity contribution is -0.494. The highest BCUT2D eigenvalue weighted by Gasteiger charge is 2.29. The minimum absolute atomic E-state index is 0.362. The second kappa shape index (κ2) is 8.09. The summed E-state index contributed by atoms with van der Waals surface area (Å²) in [7, 11) is 0. The van der Waals surface area contributed by atoms with Crippen molar-refractivity contribution in [1.82, 2.24) is 5.32 Å². The van der Waals surface area contributed by atoms with E-state index in [0.29, 0.717) is 12.2 Å². The molecule has 1 aromatic carbocycles. The summed E-state index contributed by atoms with van der Waals surface area (Å²) < 4.78 is 11.2. The lowest BCUT2D eigenvalue weighted by Gasteiger charge is -2.27. The Kier molecular flexibility index (Phi) is 5.87. The fraction of sp³-hybridized carbons (Fsp3) is 0.312. The van der Waals surface area contributed by atoms with E-state index < -0.39 is 23.7 Å². The fourth-order valence-electron chi connectivity index (χ4n) is 2.31. The lowest BCUT2D eigenvalue weighted by atomic mass is 10.0. The van der Waals surface area contributed by atoms with Gasteiger partial charge in [-0.25, -0.2) is 0 Å². The molecule has 1 heterocycles. The van der Waals surface area contributed by atoms with E-state index in [2.05, 4.69) is 5.32 Å². The van der Waals surface area contributed by atoms with E-state index in [9.17, 15) is 14.9 Å². The summed E-state index contributed by atoms with van der Waals surface area (Å²) in [5, 5.41) is 13.6. The molecule has 0 aliphatic heterocycles. The molecule has 2 aromatic rings. The van der Waals surface area contributed by atoms with Crippen molar-refractivity contribution in [3.05, 3.63) is 70.2 Å². The van der Waals surface area contributed by atoms with Crippen molar-refractivity contribution in [3.8, 4) is 0 Å². The van der Waals surface area contributed by atoms with Crippen molar-refractivity contribution in [1.29, 1.82) is 0 Å². The number of benzene rings is 1. The molecule has 0 unspecified atom stereocenters. The zero-order chi connectivity index (χ0) is 16.7. The predicted octanol–water partition coefficient (Wildman–Crippen LogP) is 2.49. The zero-order valence-corrected chi connectivity index (χ0v) is 12.6. The minimum atomic E-state index is -0.846. The molecule has 3 atom stereocenters. The Morgan fingerprint density at radius 1 is 1.30 bits per heavy atom. The highest BCUT2D eigenvalue weighted by molar-refractivity contribution is 5.47. The van der Waals surface area contributed by atoms with Gasteiger partial charge in [0.1, 0.15) is 11.9 Å². The highest BCUT2D eigenvalue weighted by atomic mass is 16.6. The van der Waals surface area contributed by atoms with Crippen LogP contribution in [0.4, 0.5) is 0 Å². The molecular formula is C16H18N2O5. The van der Waals surface area contributed by atoms with Crippen LogP contribution in [0, 0.1) is 10.1 Å². The Labute approximate surface area is 133 Å². The smallest absolute Gasteiger partial charge is 0.237 e. The third kappa shape index (κ3) is 4.65. The first-order chi connectivity index (χ1) is 11.1. The molecule has 0 spiro atoms. The second-order valence-electron chi connectivity index (χ2n) is 5.06. The number of nitrogens with zero attached hydrogens (tertiary/aromatic N) is 1. The first-order valence-electron chi connectivity index (χ1n) is 7.17. The van der Waals surface area contributed by atoms with E-state index in [1.807, 2.05) is 30.3 Å². The first kappa shape index (κ1) is 16.7. The Morgan fingerprint density at radius 2 is 2.04 bits per heavy atom. The van der Waals surface area contributed by atoms with Crippen LogP contribution in [0.2, 0.25) is 0 Å². The topological polar surface area (TPSA) is 94.6 Å². The molecule has 0 radical (unpaired) electrons. The van der Waals surface area contributed by atoms with Crippen LogP contribution >= 0.6 is 0 Å². The van der Waals surface area contributed by atoms with Gasteiger partial charge in [0, 0.05) is 4.92 Å². The number of carbonyl (C=O) groups excluding carboxylic acids is 1. The molecule has 7 heteroatoms. The molecule has 122 valence electrons. The zero-order valence-electron chi connectivity index (χ0n) is 12.6. The number of ether oxygens (including phenoxy) is 1. The van der Waals surface area contributed by atoms with Crippen molar-refractivity contribution >= 4 is 6.41 Å². The van der Waals surface area contributed by atoms with Crippen LogP contribution < -0.4 is 5.32 Å². The minimum Gasteiger partial charge on any atom is -0.466 e. The summed E-state index contributed by atoms with van der Waals surface area (Å²) in [4.78, 5) is 21.2. The Balaban J connectivity index is 2.26. The van der Waals surface area contributed by atoms with Crippen molar-refractivity contribution < 1.29 is 18.9 Å². The van der Waals surface area contributed by atoms with Crippen molar-refractivity contribution in [2.75, 3.05) is 6.54 Å². The predicted molar refractivity (Wildman–Crippen MR) is 82.2 cm³/mol. The van der Waals surface area contributed by atoms with Crippen molar-refractivity contribution in [3.63, 3.8) is 0 Å². The quantitative estimate of drug-likeness (QED) is 0.435. The van der Waals surface area contributed by atoms with Crippen LogP contribution in [0.5, 0.6) is 0 Å². The molecule has 7 nitrogen and oxygen atoms in total. The van der Waals surface area contributed by atoms with E-state index in [-0.39, 0.29) is 6.04 Å². The molecule has 0 saturated carbocycles. The Morgan fingerprint density at radius 3 is 2.61 bits per heavy atom. The lowest BCUT2D eigenvalue weighted by Crippen LogP contribution is -2.34. The van der Waals surface area contributed by atoms with Crippen LogP contribution in [-0.4, -0.2) is 23.9 Å². The SMILES string of the molecule is C[C@H](NC=O)[C@H](O[C@H](C[N+](=O)[O-])c1ccco1)c1ccccc1. The van der Waals surface area contributed by atoms with E-state index in [1.165, 1.54) is 6.26 Å². The molecule has 0 saturated heterocycles. The maximum Gasteiger partial charge on any atom is 0.237 e. The van der Waals surface area contributed by atoms with E-state index in [1.54, 1.807) is 19.1 Å². The Bertz CT molecular complexity index is 615. The number of hydrogen-bond acceptors (Lipinski definition) is 5. The number of nitro groups is 1. The average Bonchev–Trinajstić information content (AvgIpc) is 3.06. The molecule has 0 aliphatic rings. The van der Waals surface area contributed by atoms with E-state index in [0.717, 1.165) is 5.56 Å². The molecule has 0 aliphatic carbocycles. The van der Waals surface area contributed by atoms with Gasteiger partial charge in [0.2, 0.25) is 13.0 Å². The molecular weight excluding hydrogens is 300 g/mol. The second-order valence-corrected chi connectivity index (χ2v) is 5.06. The monoisotopic (exact) mass is 318 g/mol. The highest BCUT2D eigenvalue weighted by Crippen LogP contribution is 2.29. The summed E-state index contributed by atoms with van der Waals surface area (Å²) in [6, 6.07) is 12.2. The van der Waals surface area contributed by atoms with Gasteiger partial charge in [0.25, 0.3) is 0 Å². The van der Waals surface area contributed by atoms with Gasteiger partial charge in [-0.3, -0.25) is 14.9 Å². The van der Waals surface area contributed by atoms with Crippen molar-refractivity contribution in [2.24, 2.45) is 0 Å². The van der Waals surface area contributed by atoms with Crippen LogP contribution in [0.25, 0.3) is 0 Å². The summed E-state index contributed by atoms with van der Waals surface area (Å²) in [5.41, 5.74) is 0.814. The number of hydrogen-bond donors (Lipinski definition) is 1. The van der Waals surface area contributed by atoms with Gasteiger partial charge in [-0.2, -0.15) is 0 Å². The molecule has 23 heavy (non-hydrogen) atoms. The maximum absolute atomic E-state index is 10.9. The number of carbonyl (C=O) groups is 1. The van der Waals surface area contributed by atoms with E-state index in [4.69, 9.17) is 9.15 Å². The summed E-state index contributed by atoms with van der Waals surface area (Å²) in [6.07, 6.45) is 0.632. The van der Waals surface area contributed by atoms with Gasteiger partial charge in [-0.15, -0.1) is 0 Å². The average molecular weight is 318 g/mol. The normalized spacial score (nSPS) is 14.7. The van der Waals surface area contributed by atoms with Gasteiger partial charge in [0.15, 0.2) is 6.10 Å². The van der Waals surface area contributed by atoms with E-state index >= 15 is 0 Å². The molecule has 2 rings (SSSR count). The first-order valence-corrected chi connectivity index (χ1v) is 7.17. The van der Waals surface area contributed by atoms with Crippen LogP contribution in [0.1, 0.15) is 30.5 Å². The summed E-state index contributed by atoms with van der Waals surface area (Å²) in [5.74, 6) is 0.376. The molecule has 1 N–H and O–H groups in total. The molecule has 0 fully saturated rings. The van der Waals surface area contributed by atoms with Crippen molar-refractivity contribution in [2.45, 2.75) is 25.2 Å². The summed E-state index contributed by atoms with van der Waals surface area (Å²) >= 11 is 0. The third-order valence-corrected chi connectivity index (χ3v) is 3.40. The molecule has 1 amide bonds. The van der Waals surface area contributed by atoms with Gasteiger partial charge in [-0.05, 0) is 24.6 Å². The Hall–Kier alpha value is -2.67. The third-order valence-electron chi connectivity index (χ3n) is 3.40. The van der Waals surface area contributed by atoms with Gasteiger partial charge >= 0.3 is 0 Å². The number of nitrogens with one attached hydrogen (secondary N) is 1. The number of furan rings is 1. The number of rotatable bonds is 9. The van der Waals surface area contributed by atoms with Crippen LogP contribution in [0.15, 0.2) is 53.1 Å². The molecule has 1 aromatic heterocycles. The van der Waals surface area contributed by atoms with Gasteiger partial charge in [-0.1, -0.05) is 30.3 Å². The largest absolute Gasteiger partial charge is 0.466 e. The van der Waals surface area contributed by atoms with Gasteiger partial charge < -0.3 is 14.5 Å². The standard InChI is InChI=1S/C16H18N2O5/c1-12(17-11-19)16(13-6-3-2-4-7-13)23-15(10-18(20)21)14-8-5-9-22-14/h2-9,11-12,15-16H,10H2,1H3,(H,17,19)/t12-,15+,16-/m0/s1. The fourth-order valence-corrected chi connectivity index (χ4v) is 2.31. The molecule has 0 bridgehead atoms. The summed E-state index contributed by atoms with van der Waals surface area (Å²) in [6.45, 7) is 1.35. The number of amides is 1. The van der Waals surface area contributed by atoms with Crippen LogP contribution in [-0.2, 0) is 9.53 Å².